The Hall–Kier alpha value is -2.55. The first-order valence-corrected chi connectivity index (χ1v) is 7.13. The Morgan fingerprint density at radius 2 is 1.76 bits per heavy atom. The third-order valence-electron chi connectivity index (χ3n) is 3.48. The fraction of sp³-hybridized carbons (Fsp3) is 0.167. The minimum absolute atomic E-state index is 0.180. The van der Waals surface area contributed by atoms with Crippen molar-refractivity contribution in [3.63, 3.8) is 0 Å². The van der Waals surface area contributed by atoms with Crippen molar-refractivity contribution in [2.75, 3.05) is 0 Å². The highest BCUT2D eigenvalue weighted by molar-refractivity contribution is 5.83. The van der Waals surface area contributed by atoms with Crippen LogP contribution in [0.25, 0.3) is 10.9 Å². The molecule has 0 saturated heterocycles. The Kier molecular flexibility index (Phi) is 4.01. The van der Waals surface area contributed by atoms with Crippen LogP contribution in [0.5, 0.6) is 5.75 Å². The van der Waals surface area contributed by atoms with Crippen LogP contribution >= 0.6 is 0 Å². The van der Waals surface area contributed by atoms with Crippen molar-refractivity contribution in [2.24, 2.45) is 0 Å². The molecule has 0 aliphatic heterocycles. The van der Waals surface area contributed by atoms with Gasteiger partial charge < -0.3 is 9.72 Å². The molecule has 0 aliphatic carbocycles. The lowest BCUT2D eigenvalue weighted by Crippen LogP contribution is -2.07. The number of aryl methyl sites for hydroxylation is 1. The van der Waals surface area contributed by atoms with Gasteiger partial charge in [0.05, 0.1) is 0 Å². The van der Waals surface area contributed by atoms with Crippen molar-refractivity contribution in [1.29, 1.82) is 0 Å². The standard InChI is InChI=1S/C18H17NO2/c20-18(21-15-8-2-1-3-9-15)12-6-7-14-13-19-17-11-5-4-10-16(14)17/h1-5,8-11,13,19H,6-7,12H2. The normalized spacial score (nSPS) is 10.7. The molecular formula is C18H17NO2. The van der Waals surface area contributed by atoms with Crippen LogP contribution in [-0.2, 0) is 11.2 Å². The molecule has 1 N–H and O–H groups in total. The average molecular weight is 279 g/mol. The van der Waals surface area contributed by atoms with E-state index in [1.54, 1.807) is 12.1 Å². The molecule has 0 spiro atoms. The summed E-state index contributed by atoms with van der Waals surface area (Å²) in [7, 11) is 0. The summed E-state index contributed by atoms with van der Waals surface area (Å²) in [6, 6.07) is 17.4. The number of carbonyl (C=O) groups is 1. The van der Waals surface area contributed by atoms with Crippen molar-refractivity contribution >= 4 is 16.9 Å². The maximum atomic E-state index is 11.8. The Bertz CT molecular complexity index is 731. The third kappa shape index (κ3) is 3.31. The molecule has 3 heteroatoms. The molecule has 1 heterocycles. The smallest absolute Gasteiger partial charge is 0.311 e. The third-order valence-corrected chi connectivity index (χ3v) is 3.48. The molecule has 3 nitrogen and oxygen atoms in total. The second kappa shape index (κ2) is 6.27. The van der Waals surface area contributed by atoms with Crippen molar-refractivity contribution < 1.29 is 9.53 Å². The molecular weight excluding hydrogens is 262 g/mol. The maximum absolute atomic E-state index is 11.8. The lowest BCUT2D eigenvalue weighted by Gasteiger charge is -2.03. The van der Waals surface area contributed by atoms with Crippen LogP contribution < -0.4 is 4.74 Å². The van der Waals surface area contributed by atoms with Gasteiger partial charge in [-0.25, -0.2) is 0 Å². The van der Waals surface area contributed by atoms with E-state index in [1.165, 1.54) is 10.9 Å². The first-order valence-electron chi connectivity index (χ1n) is 7.13. The highest BCUT2D eigenvalue weighted by Gasteiger charge is 2.07. The van der Waals surface area contributed by atoms with Gasteiger partial charge in [-0.3, -0.25) is 4.79 Å². The molecule has 0 atom stereocenters. The second-order valence-electron chi connectivity index (χ2n) is 5.00. The van der Waals surface area contributed by atoms with Crippen molar-refractivity contribution in [2.45, 2.75) is 19.3 Å². The Morgan fingerprint density at radius 3 is 2.62 bits per heavy atom. The van der Waals surface area contributed by atoms with Gasteiger partial charge in [-0.15, -0.1) is 0 Å². The lowest BCUT2D eigenvalue weighted by molar-refractivity contribution is -0.134. The second-order valence-corrected chi connectivity index (χ2v) is 5.00. The number of ether oxygens (including phenoxy) is 1. The topological polar surface area (TPSA) is 42.1 Å². The van der Waals surface area contributed by atoms with Gasteiger partial charge in [0.2, 0.25) is 0 Å². The molecule has 0 amide bonds. The van der Waals surface area contributed by atoms with E-state index in [4.69, 9.17) is 4.74 Å². The number of benzene rings is 2. The Labute approximate surface area is 123 Å². The van der Waals surface area contributed by atoms with E-state index in [0.717, 1.165) is 18.4 Å². The number of H-pyrrole nitrogens is 1. The summed E-state index contributed by atoms with van der Waals surface area (Å²) < 4.78 is 5.27. The summed E-state index contributed by atoms with van der Waals surface area (Å²) in [6.45, 7) is 0. The van der Waals surface area contributed by atoms with E-state index in [9.17, 15) is 4.79 Å². The molecule has 1 aromatic heterocycles. The predicted molar refractivity (Wildman–Crippen MR) is 83.3 cm³/mol. The lowest BCUT2D eigenvalue weighted by atomic mass is 10.1. The quantitative estimate of drug-likeness (QED) is 0.564. The zero-order chi connectivity index (χ0) is 14.5. The largest absolute Gasteiger partial charge is 0.427 e. The van der Waals surface area contributed by atoms with Gasteiger partial charge in [-0.2, -0.15) is 0 Å². The summed E-state index contributed by atoms with van der Waals surface area (Å²) in [6.07, 6.45) is 4.10. The zero-order valence-electron chi connectivity index (χ0n) is 11.7. The minimum Gasteiger partial charge on any atom is -0.427 e. The van der Waals surface area contributed by atoms with Gasteiger partial charge in [0, 0.05) is 23.5 Å². The first kappa shape index (κ1) is 13.4. The van der Waals surface area contributed by atoms with Crippen LogP contribution in [0.1, 0.15) is 18.4 Å². The number of fused-ring (bicyclic) bond motifs is 1. The molecule has 21 heavy (non-hydrogen) atoms. The molecule has 0 aliphatic rings. The molecule has 0 bridgehead atoms. The number of hydrogen-bond acceptors (Lipinski definition) is 2. The van der Waals surface area contributed by atoms with E-state index in [0.29, 0.717) is 12.2 Å². The number of rotatable bonds is 5. The number of carbonyl (C=O) groups excluding carboxylic acids is 1. The average Bonchev–Trinajstić information content (AvgIpc) is 2.92. The minimum atomic E-state index is -0.180. The molecule has 3 rings (SSSR count). The molecule has 3 aromatic rings. The number of para-hydroxylation sites is 2. The van der Waals surface area contributed by atoms with E-state index >= 15 is 0 Å². The molecule has 0 fully saturated rings. The SMILES string of the molecule is O=C(CCCc1c[nH]c2ccccc12)Oc1ccccc1. The first-order chi connectivity index (χ1) is 10.3. The summed E-state index contributed by atoms with van der Waals surface area (Å²) in [5.41, 5.74) is 2.39. The van der Waals surface area contributed by atoms with Gasteiger partial charge in [0.1, 0.15) is 5.75 Å². The van der Waals surface area contributed by atoms with Gasteiger partial charge in [0.25, 0.3) is 0 Å². The fourth-order valence-corrected chi connectivity index (χ4v) is 2.43. The Morgan fingerprint density at radius 1 is 1.00 bits per heavy atom. The summed E-state index contributed by atoms with van der Waals surface area (Å²) >= 11 is 0. The molecule has 0 radical (unpaired) electrons. The van der Waals surface area contributed by atoms with Crippen LogP contribution in [0.3, 0.4) is 0 Å². The maximum Gasteiger partial charge on any atom is 0.311 e. The highest BCUT2D eigenvalue weighted by atomic mass is 16.5. The van der Waals surface area contributed by atoms with Crippen LogP contribution in [0.4, 0.5) is 0 Å². The van der Waals surface area contributed by atoms with Gasteiger partial charge in [-0.1, -0.05) is 36.4 Å². The number of esters is 1. The van der Waals surface area contributed by atoms with Crippen molar-refractivity contribution in [3.8, 4) is 5.75 Å². The molecule has 106 valence electrons. The van der Waals surface area contributed by atoms with Crippen molar-refractivity contribution in [1.82, 2.24) is 4.98 Å². The van der Waals surface area contributed by atoms with E-state index in [2.05, 4.69) is 17.1 Å². The molecule has 2 aromatic carbocycles. The molecule has 0 unspecified atom stereocenters. The zero-order valence-corrected chi connectivity index (χ0v) is 11.7. The number of nitrogens with one attached hydrogen (secondary N) is 1. The summed E-state index contributed by atoms with van der Waals surface area (Å²) in [5, 5.41) is 1.23. The van der Waals surface area contributed by atoms with Crippen LogP contribution in [-0.4, -0.2) is 11.0 Å². The highest BCUT2D eigenvalue weighted by Crippen LogP contribution is 2.19. The van der Waals surface area contributed by atoms with E-state index in [1.807, 2.05) is 36.5 Å². The molecule has 0 saturated carbocycles. The van der Waals surface area contributed by atoms with Gasteiger partial charge >= 0.3 is 5.97 Å². The summed E-state index contributed by atoms with van der Waals surface area (Å²) in [4.78, 5) is 15.0. The van der Waals surface area contributed by atoms with Crippen LogP contribution in [0.15, 0.2) is 60.8 Å². The Balaban J connectivity index is 1.53. The van der Waals surface area contributed by atoms with Crippen molar-refractivity contribution in [3.05, 3.63) is 66.4 Å². The summed E-state index contributed by atoms with van der Waals surface area (Å²) in [5.74, 6) is 0.427. The number of aromatic nitrogens is 1. The fourth-order valence-electron chi connectivity index (χ4n) is 2.43. The van der Waals surface area contributed by atoms with Gasteiger partial charge in [0.15, 0.2) is 0 Å². The predicted octanol–water partition coefficient (Wildman–Crippen LogP) is 4.10. The monoisotopic (exact) mass is 279 g/mol. The number of aromatic amines is 1. The number of hydrogen-bond donors (Lipinski definition) is 1. The van der Waals surface area contributed by atoms with Gasteiger partial charge in [-0.05, 0) is 36.6 Å². The van der Waals surface area contributed by atoms with Crippen LogP contribution in [0, 0.1) is 0 Å². The van der Waals surface area contributed by atoms with Crippen LogP contribution in [0.2, 0.25) is 0 Å². The van der Waals surface area contributed by atoms with E-state index in [-0.39, 0.29) is 5.97 Å². The van der Waals surface area contributed by atoms with E-state index < -0.39 is 0 Å².